The number of benzene rings is 2. The van der Waals surface area contributed by atoms with E-state index in [4.69, 9.17) is 9.47 Å². The minimum absolute atomic E-state index is 0.102. The Morgan fingerprint density at radius 1 is 0.806 bits per heavy atom. The van der Waals surface area contributed by atoms with Gasteiger partial charge < -0.3 is 14.4 Å². The summed E-state index contributed by atoms with van der Waals surface area (Å²) >= 11 is 0. The first kappa shape index (κ1) is 24.8. The highest BCUT2D eigenvalue weighted by Crippen LogP contribution is 2.30. The van der Waals surface area contributed by atoms with Gasteiger partial charge in [0.2, 0.25) is 5.91 Å². The highest BCUT2D eigenvalue weighted by Gasteiger charge is 2.19. The molecule has 0 heterocycles. The predicted molar refractivity (Wildman–Crippen MR) is 128 cm³/mol. The van der Waals surface area contributed by atoms with Crippen molar-refractivity contribution in [1.29, 1.82) is 0 Å². The van der Waals surface area contributed by atoms with E-state index in [2.05, 4.69) is 26.0 Å². The van der Waals surface area contributed by atoms with Gasteiger partial charge in [-0.25, -0.2) is 0 Å². The third kappa shape index (κ3) is 8.28. The maximum absolute atomic E-state index is 12.3. The highest BCUT2D eigenvalue weighted by molar-refractivity contribution is 5.73. The van der Waals surface area contributed by atoms with Crippen molar-refractivity contribution in [2.45, 2.75) is 79.6 Å². The van der Waals surface area contributed by atoms with Crippen molar-refractivity contribution in [2.75, 3.05) is 6.54 Å². The second-order valence-corrected chi connectivity index (χ2v) is 9.13. The van der Waals surface area contributed by atoms with Crippen LogP contribution in [0.1, 0.15) is 71.9 Å². The lowest BCUT2D eigenvalue weighted by molar-refractivity contribution is -0.129. The van der Waals surface area contributed by atoms with Crippen LogP contribution >= 0.6 is 0 Å². The summed E-state index contributed by atoms with van der Waals surface area (Å²) in [5.74, 6) is 2.73. The summed E-state index contributed by atoms with van der Waals surface area (Å²) in [7, 11) is 0. The van der Waals surface area contributed by atoms with Crippen molar-refractivity contribution in [1.82, 2.24) is 4.90 Å². The number of rotatable bonds is 11. The predicted octanol–water partition coefficient (Wildman–Crippen LogP) is 6.44. The topological polar surface area (TPSA) is 38.8 Å². The molecule has 0 saturated carbocycles. The summed E-state index contributed by atoms with van der Waals surface area (Å²) in [6, 6.07) is 16.5. The molecule has 4 heteroatoms. The zero-order valence-electron chi connectivity index (χ0n) is 20.2. The molecule has 0 saturated heterocycles. The third-order valence-corrected chi connectivity index (χ3v) is 5.31. The summed E-state index contributed by atoms with van der Waals surface area (Å²) in [6.07, 6.45) is 1.25. The van der Waals surface area contributed by atoms with Crippen molar-refractivity contribution in [3.8, 4) is 11.5 Å². The van der Waals surface area contributed by atoms with Gasteiger partial charge in [-0.1, -0.05) is 38.1 Å². The van der Waals surface area contributed by atoms with Gasteiger partial charge in [0.1, 0.15) is 11.5 Å². The Kier molecular flexibility index (Phi) is 9.42. The van der Waals surface area contributed by atoms with E-state index in [1.807, 2.05) is 69.0 Å². The molecule has 0 bridgehead atoms. The summed E-state index contributed by atoms with van der Waals surface area (Å²) < 4.78 is 11.5. The van der Waals surface area contributed by atoms with Gasteiger partial charge >= 0.3 is 0 Å². The van der Waals surface area contributed by atoms with E-state index >= 15 is 0 Å². The number of amides is 1. The van der Waals surface area contributed by atoms with E-state index in [0.717, 1.165) is 30.0 Å². The van der Waals surface area contributed by atoms with Crippen LogP contribution in [0.2, 0.25) is 0 Å². The zero-order chi connectivity index (χ0) is 23.0. The minimum atomic E-state index is 0.102. The summed E-state index contributed by atoms with van der Waals surface area (Å²) in [5, 5.41) is 0. The SMILES string of the molecule is CC(=O)N(CC[C@@H](c1ccc(OC(C)C)cc1)C(C)C)Cc1ccc(OC(C)C)cc1. The lowest BCUT2D eigenvalue weighted by Gasteiger charge is -2.27. The van der Waals surface area contributed by atoms with Gasteiger partial charge in [0.15, 0.2) is 0 Å². The molecule has 0 radical (unpaired) electrons. The lowest BCUT2D eigenvalue weighted by Crippen LogP contribution is -2.30. The molecule has 0 aliphatic carbocycles. The van der Waals surface area contributed by atoms with E-state index in [1.54, 1.807) is 6.92 Å². The van der Waals surface area contributed by atoms with Crippen LogP contribution in [0, 0.1) is 5.92 Å². The molecule has 1 amide bonds. The van der Waals surface area contributed by atoms with E-state index in [0.29, 0.717) is 18.4 Å². The number of hydrogen-bond donors (Lipinski definition) is 0. The van der Waals surface area contributed by atoms with E-state index in [9.17, 15) is 4.79 Å². The van der Waals surface area contributed by atoms with Gasteiger partial charge in [0.05, 0.1) is 12.2 Å². The number of hydrogen-bond acceptors (Lipinski definition) is 3. The standard InChI is InChI=1S/C27H39NO3/c1-19(2)27(24-10-14-26(15-11-24)31-21(5)6)16-17-28(22(7)29)18-23-8-12-25(13-9-23)30-20(3)4/h8-15,19-21,27H,16-18H2,1-7H3/t27-/m1/s1. The van der Waals surface area contributed by atoms with Crippen LogP contribution in [-0.2, 0) is 11.3 Å². The number of carbonyl (C=O) groups is 1. The molecule has 0 aliphatic rings. The first-order valence-corrected chi connectivity index (χ1v) is 11.4. The lowest BCUT2D eigenvalue weighted by atomic mass is 9.85. The van der Waals surface area contributed by atoms with Gasteiger partial charge in [-0.15, -0.1) is 0 Å². The van der Waals surface area contributed by atoms with Crippen LogP contribution in [0.5, 0.6) is 11.5 Å². The quantitative estimate of drug-likeness (QED) is 0.416. The van der Waals surface area contributed by atoms with Crippen molar-refractivity contribution in [3.63, 3.8) is 0 Å². The van der Waals surface area contributed by atoms with E-state index in [-0.39, 0.29) is 18.1 Å². The summed E-state index contributed by atoms with van der Waals surface area (Å²) in [6.45, 7) is 15.6. The van der Waals surface area contributed by atoms with Crippen molar-refractivity contribution < 1.29 is 14.3 Å². The Morgan fingerprint density at radius 3 is 1.71 bits per heavy atom. The molecule has 4 nitrogen and oxygen atoms in total. The molecule has 1 atom stereocenters. The second kappa shape index (κ2) is 11.8. The molecule has 0 spiro atoms. The minimum Gasteiger partial charge on any atom is -0.491 e. The van der Waals surface area contributed by atoms with Crippen molar-refractivity contribution in [3.05, 3.63) is 59.7 Å². The highest BCUT2D eigenvalue weighted by atomic mass is 16.5. The Morgan fingerprint density at radius 2 is 1.29 bits per heavy atom. The Labute approximate surface area is 188 Å². The molecule has 2 rings (SSSR count). The van der Waals surface area contributed by atoms with Crippen molar-refractivity contribution in [2.24, 2.45) is 5.92 Å². The number of ether oxygens (including phenoxy) is 2. The van der Waals surface area contributed by atoms with Crippen molar-refractivity contribution >= 4 is 5.91 Å². The molecule has 0 unspecified atom stereocenters. The van der Waals surface area contributed by atoms with Crippen LogP contribution in [-0.4, -0.2) is 29.6 Å². The maximum atomic E-state index is 12.3. The van der Waals surface area contributed by atoms with Crippen LogP contribution in [0.4, 0.5) is 0 Å². The van der Waals surface area contributed by atoms with Gasteiger partial charge in [-0.3, -0.25) is 4.79 Å². The Balaban J connectivity index is 2.03. The van der Waals surface area contributed by atoms with Gasteiger partial charge in [0.25, 0.3) is 0 Å². The fraction of sp³-hybridized carbons (Fsp3) is 0.519. The van der Waals surface area contributed by atoms with Gasteiger partial charge in [-0.2, -0.15) is 0 Å². The second-order valence-electron chi connectivity index (χ2n) is 9.13. The first-order valence-electron chi connectivity index (χ1n) is 11.4. The molecule has 0 aliphatic heterocycles. The molecule has 0 fully saturated rings. The van der Waals surface area contributed by atoms with Crippen LogP contribution in [0.25, 0.3) is 0 Å². The summed E-state index contributed by atoms with van der Waals surface area (Å²) in [5.41, 5.74) is 2.41. The molecule has 0 aromatic heterocycles. The molecule has 2 aromatic rings. The fourth-order valence-electron chi connectivity index (χ4n) is 3.76. The zero-order valence-corrected chi connectivity index (χ0v) is 20.2. The Hall–Kier alpha value is -2.49. The molecule has 170 valence electrons. The third-order valence-electron chi connectivity index (χ3n) is 5.31. The average molecular weight is 426 g/mol. The fourth-order valence-corrected chi connectivity index (χ4v) is 3.76. The first-order chi connectivity index (χ1) is 14.7. The number of carbonyl (C=O) groups excluding carboxylic acids is 1. The van der Waals surface area contributed by atoms with Crippen LogP contribution < -0.4 is 9.47 Å². The molecule has 2 aromatic carbocycles. The Bertz CT molecular complexity index is 794. The largest absolute Gasteiger partial charge is 0.491 e. The maximum Gasteiger partial charge on any atom is 0.219 e. The van der Waals surface area contributed by atoms with E-state index in [1.165, 1.54) is 5.56 Å². The molecule has 0 N–H and O–H groups in total. The molecule has 31 heavy (non-hydrogen) atoms. The smallest absolute Gasteiger partial charge is 0.219 e. The van der Waals surface area contributed by atoms with Crippen LogP contribution in [0.3, 0.4) is 0 Å². The van der Waals surface area contributed by atoms with E-state index < -0.39 is 0 Å². The van der Waals surface area contributed by atoms with Crippen LogP contribution in [0.15, 0.2) is 48.5 Å². The van der Waals surface area contributed by atoms with Gasteiger partial charge in [0, 0.05) is 20.0 Å². The summed E-state index contributed by atoms with van der Waals surface area (Å²) in [4.78, 5) is 14.2. The number of nitrogens with zero attached hydrogens (tertiary/aromatic N) is 1. The average Bonchev–Trinajstić information content (AvgIpc) is 2.68. The normalized spacial score (nSPS) is 12.3. The monoisotopic (exact) mass is 425 g/mol. The van der Waals surface area contributed by atoms with Gasteiger partial charge in [-0.05, 0) is 81.3 Å². The molecular weight excluding hydrogens is 386 g/mol. The molecular formula is C27H39NO3.